The van der Waals surface area contributed by atoms with Crippen LogP contribution in [0.4, 0.5) is 5.69 Å². The highest BCUT2D eigenvalue weighted by molar-refractivity contribution is 9.10. The van der Waals surface area contributed by atoms with Crippen LogP contribution in [0.2, 0.25) is 5.02 Å². The molecule has 2 aromatic carbocycles. The molecule has 0 saturated carbocycles. The second-order valence-electron chi connectivity index (χ2n) is 5.33. The highest BCUT2D eigenvalue weighted by Crippen LogP contribution is 2.36. The van der Waals surface area contributed by atoms with Crippen LogP contribution in [-0.4, -0.2) is 20.5 Å². The first-order chi connectivity index (χ1) is 12.9. The van der Waals surface area contributed by atoms with E-state index in [4.69, 9.17) is 21.1 Å². The number of nitrogens with zero attached hydrogens (tertiary/aromatic N) is 1. The topological polar surface area (TPSA) is 77.5 Å². The van der Waals surface area contributed by atoms with E-state index < -0.39 is 10.0 Å². The summed E-state index contributed by atoms with van der Waals surface area (Å²) < 4.78 is 39.3. The van der Waals surface area contributed by atoms with Gasteiger partial charge in [0.15, 0.2) is 5.75 Å². The first-order valence-electron chi connectivity index (χ1n) is 7.63. The fourth-order valence-electron chi connectivity index (χ4n) is 2.28. The average molecular weight is 470 g/mol. The quantitative estimate of drug-likeness (QED) is 0.543. The van der Waals surface area contributed by atoms with Gasteiger partial charge in [0.2, 0.25) is 0 Å². The molecule has 140 valence electrons. The molecular weight excluding hydrogens is 456 g/mol. The summed E-state index contributed by atoms with van der Waals surface area (Å²) in [6.45, 7) is 0. The fraction of sp³-hybridized carbons (Fsp3) is 0.0556. The number of sulfonamides is 1. The van der Waals surface area contributed by atoms with Crippen molar-refractivity contribution in [1.29, 1.82) is 0 Å². The minimum absolute atomic E-state index is 0.0681. The lowest BCUT2D eigenvalue weighted by Gasteiger charge is -2.14. The van der Waals surface area contributed by atoms with Crippen molar-refractivity contribution in [2.24, 2.45) is 0 Å². The van der Waals surface area contributed by atoms with Crippen molar-refractivity contribution in [3.05, 3.63) is 70.4 Å². The lowest BCUT2D eigenvalue weighted by atomic mass is 10.3. The van der Waals surface area contributed by atoms with Crippen molar-refractivity contribution in [3.63, 3.8) is 0 Å². The molecule has 0 fully saturated rings. The highest BCUT2D eigenvalue weighted by atomic mass is 79.9. The molecule has 0 unspecified atom stereocenters. The molecular formula is C18H14BrClN2O4S. The van der Waals surface area contributed by atoms with Crippen LogP contribution < -0.4 is 14.2 Å². The maximum atomic E-state index is 12.8. The molecule has 1 heterocycles. The zero-order valence-corrected chi connectivity index (χ0v) is 17.2. The van der Waals surface area contributed by atoms with Gasteiger partial charge in [-0.15, -0.1) is 0 Å². The first-order valence-corrected chi connectivity index (χ1v) is 10.3. The number of hydrogen-bond acceptors (Lipinski definition) is 5. The number of anilines is 1. The van der Waals surface area contributed by atoms with Crippen molar-refractivity contribution >= 4 is 43.2 Å². The zero-order chi connectivity index (χ0) is 19.4. The molecule has 0 aliphatic heterocycles. The van der Waals surface area contributed by atoms with Crippen LogP contribution in [0.3, 0.4) is 0 Å². The number of rotatable bonds is 6. The van der Waals surface area contributed by atoms with Crippen LogP contribution in [0.15, 0.2) is 70.3 Å². The van der Waals surface area contributed by atoms with Gasteiger partial charge in [-0.25, -0.2) is 8.42 Å². The molecule has 0 saturated heterocycles. The molecule has 0 amide bonds. The van der Waals surface area contributed by atoms with Crippen LogP contribution in [0, 0.1) is 0 Å². The van der Waals surface area contributed by atoms with Gasteiger partial charge in [-0.05, 0) is 64.5 Å². The van der Waals surface area contributed by atoms with E-state index in [9.17, 15) is 8.42 Å². The summed E-state index contributed by atoms with van der Waals surface area (Å²) in [6, 6.07) is 12.8. The third kappa shape index (κ3) is 4.71. The van der Waals surface area contributed by atoms with E-state index in [1.165, 1.54) is 13.2 Å². The summed E-state index contributed by atoms with van der Waals surface area (Å²) in [7, 11) is -2.52. The number of pyridine rings is 1. The molecule has 0 atom stereocenters. The third-order valence-electron chi connectivity index (χ3n) is 3.46. The Morgan fingerprint density at radius 1 is 1.04 bits per heavy atom. The van der Waals surface area contributed by atoms with Gasteiger partial charge in [-0.3, -0.25) is 9.71 Å². The molecule has 6 nitrogen and oxygen atoms in total. The Bertz CT molecular complexity index is 1040. The summed E-state index contributed by atoms with van der Waals surface area (Å²) in [6.07, 6.45) is 3.24. The van der Waals surface area contributed by atoms with Gasteiger partial charge < -0.3 is 9.47 Å². The highest BCUT2D eigenvalue weighted by Gasteiger charge is 2.22. The number of halogens is 2. The maximum absolute atomic E-state index is 12.8. The predicted molar refractivity (Wildman–Crippen MR) is 107 cm³/mol. The second kappa shape index (κ2) is 8.16. The van der Waals surface area contributed by atoms with Crippen molar-refractivity contribution < 1.29 is 17.9 Å². The van der Waals surface area contributed by atoms with Crippen LogP contribution in [-0.2, 0) is 10.0 Å². The lowest BCUT2D eigenvalue weighted by molar-refractivity contribution is 0.400. The van der Waals surface area contributed by atoms with Gasteiger partial charge in [0.05, 0.1) is 11.6 Å². The first kappa shape index (κ1) is 19.5. The van der Waals surface area contributed by atoms with E-state index in [1.807, 2.05) is 0 Å². The predicted octanol–water partition coefficient (Wildman–Crippen LogP) is 5.10. The average Bonchev–Trinajstić information content (AvgIpc) is 2.63. The fourth-order valence-corrected chi connectivity index (χ4v) is 4.72. The molecule has 0 spiro atoms. The summed E-state index contributed by atoms with van der Waals surface area (Å²) in [5, 5.41) is 0.268. The van der Waals surface area contributed by atoms with E-state index >= 15 is 0 Å². The number of hydrogen-bond donors (Lipinski definition) is 1. The molecule has 1 aromatic heterocycles. The molecule has 0 bridgehead atoms. The summed E-state index contributed by atoms with van der Waals surface area (Å²) >= 11 is 9.24. The van der Waals surface area contributed by atoms with Crippen LogP contribution in [0.25, 0.3) is 0 Å². The molecule has 9 heteroatoms. The molecule has 3 rings (SSSR count). The molecule has 0 radical (unpaired) electrons. The Balaban J connectivity index is 1.82. The Morgan fingerprint density at radius 2 is 1.67 bits per heavy atom. The second-order valence-corrected chi connectivity index (χ2v) is 8.28. The van der Waals surface area contributed by atoms with Crippen LogP contribution in [0.5, 0.6) is 17.2 Å². The van der Waals surface area contributed by atoms with Crippen molar-refractivity contribution in [2.75, 3.05) is 11.8 Å². The number of ether oxygens (including phenoxy) is 2. The number of nitrogens with one attached hydrogen (secondary N) is 1. The van der Waals surface area contributed by atoms with Gasteiger partial charge in [-0.2, -0.15) is 0 Å². The largest absolute Gasteiger partial charge is 0.494 e. The normalized spacial score (nSPS) is 11.1. The maximum Gasteiger partial charge on any atom is 0.265 e. The van der Waals surface area contributed by atoms with E-state index in [-0.39, 0.29) is 15.7 Å². The SMILES string of the molecule is COc1c(Br)cc(Cl)cc1S(=O)(=O)Nc1ccc(Oc2ccncc2)cc1. The van der Waals surface area contributed by atoms with Crippen LogP contribution in [0.1, 0.15) is 0 Å². The van der Waals surface area contributed by atoms with Gasteiger partial charge in [0.1, 0.15) is 16.4 Å². The summed E-state index contributed by atoms with van der Waals surface area (Å²) in [4.78, 5) is 3.85. The lowest BCUT2D eigenvalue weighted by Crippen LogP contribution is -2.14. The zero-order valence-electron chi connectivity index (χ0n) is 14.0. The van der Waals surface area contributed by atoms with Gasteiger partial charge in [0, 0.05) is 23.1 Å². The van der Waals surface area contributed by atoms with Crippen molar-refractivity contribution in [2.45, 2.75) is 4.90 Å². The van der Waals surface area contributed by atoms with E-state index in [0.717, 1.165) is 0 Å². The van der Waals surface area contributed by atoms with Gasteiger partial charge in [-0.1, -0.05) is 11.6 Å². The van der Waals surface area contributed by atoms with E-state index in [2.05, 4.69) is 25.6 Å². The van der Waals surface area contributed by atoms with E-state index in [0.29, 0.717) is 21.7 Å². The minimum Gasteiger partial charge on any atom is -0.494 e. The van der Waals surface area contributed by atoms with Crippen molar-refractivity contribution in [3.8, 4) is 17.2 Å². The molecule has 27 heavy (non-hydrogen) atoms. The van der Waals surface area contributed by atoms with Gasteiger partial charge in [0.25, 0.3) is 10.0 Å². The summed E-state index contributed by atoms with van der Waals surface area (Å²) in [5.74, 6) is 1.36. The number of benzene rings is 2. The smallest absolute Gasteiger partial charge is 0.265 e. The number of methoxy groups -OCH3 is 1. The van der Waals surface area contributed by atoms with Crippen LogP contribution >= 0.6 is 27.5 Å². The molecule has 0 aliphatic rings. The molecule has 0 aliphatic carbocycles. The monoisotopic (exact) mass is 468 g/mol. The molecule has 1 N–H and O–H groups in total. The minimum atomic E-state index is -3.91. The standard InChI is InChI=1S/C18H14BrClN2O4S/c1-25-18-16(19)10-12(20)11-17(18)27(23,24)22-13-2-4-14(5-3-13)26-15-6-8-21-9-7-15/h2-11,22H,1H3. The Hall–Kier alpha value is -2.29. The van der Waals surface area contributed by atoms with Crippen molar-refractivity contribution in [1.82, 2.24) is 4.98 Å². The molecule has 3 aromatic rings. The number of aromatic nitrogens is 1. The van der Waals surface area contributed by atoms with E-state index in [1.54, 1.807) is 54.9 Å². The summed E-state index contributed by atoms with van der Waals surface area (Å²) in [5.41, 5.74) is 0.371. The Morgan fingerprint density at radius 3 is 2.30 bits per heavy atom. The Labute approximate surface area is 170 Å². The third-order valence-corrected chi connectivity index (χ3v) is 5.65. The van der Waals surface area contributed by atoms with Gasteiger partial charge >= 0.3 is 0 Å². The Kier molecular flexibility index (Phi) is 5.88.